The number of carbonyl (C=O) groups excluding carboxylic acids is 1. The third-order valence-corrected chi connectivity index (χ3v) is 3.48. The van der Waals surface area contributed by atoms with Crippen LogP contribution in [0.15, 0.2) is 18.2 Å². The van der Waals surface area contributed by atoms with Gasteiger partial charge < -0.3 is 15.1 Å². The Bertz CT molecular complexity index is 486. The summed E-state index contributed by atoms with van der Waals surface area (Å²) in [6.07, 6.45) is 2.39. The van der Waals surface area contributed by atoms with E-state index >= 15 is 0 Å². The molecule has 0 atom stereocenters. The number of rotatable bonds is 6. The topological polar surface area (TPSA) is 35.6 Å². The summed E-state index contributed by atoms with van der Waals surface area (Å²) in [7, 11) is 5.32. The molecule has 1 fully saturated rings. The quantitative estimate of drug-likeness (QED) is 0.859. The van der Waals surface area contributed by atoms with Crippen molar-refractivity contribution in [3.05, 3.63) is 29.6 Å². The van der Waals surface area contributed by atoms with Crippen LogP contribution in [0, 0.1) is 5.82 Å². The second-order valence-corrected chi connectivity index (χ2v) is 5.57. The molecule has 0 unspecified atom stereocenters. The van der Waals surface area contributed by atoms with Crippen molar-refractivity contribution in [1.29, 1.82) is 0 Å². The Balaban J connectivity index is 2.09. The highest BCUT2D eigenvalue weighted by atomic mass is 19.1. The van der Waals surface area contributed by atoms with Crippen molar-refractivity contribution in [2.45, 2.75) is 25.4 Å². The lowest BCUT2D eigenvalue weighted by atomic mass is 10.1. The number of nitrogens with one attached hydrogen (secondary N) is 1. The highest BCUT2D eigenvalue weighted by molar-refractivity contribution is 5.81. The molecule has 0 aliphatic heterocycles. The number of amides is 1. The van der Waals surface area contributed by atoms with Crippen molar-refractivity contribution in [2.75, 3.05) is 32.6 Å². The molecule has 1 aliphatic rings. The average molecular weight is 279 g/mol. The minimum Gasteiger partial charge on any atom is -0.365 e. The molecule has 1 aliphatic carbocycles. The van der Waals surface area contributed by atoms with Crippen molar-refractivity contribution >= 4 is 11.6 Å². The zero-order valence-electron chi connectivity index (χ0n) is 12.3. The summed E-state index contributed by atoms with van der Waals surface area (Å²) >= 11 is 0. The molecule has 20 heavy (non-hydrogen) atoms. The molecule has 1 N–H and O–H groups in total. The molecule has 0 saturated heterocycles. The van der Waals surface area contributed by atoms with E-state index in [0.717, 1.165) is 11.3 Å². The number of carbonyl (C=O) groups is 1. The van der Waals surface area contributed by atoms with Crippen LogP contribution in [0.25, 0.3) is 0 Å². The van der Waals surface area contributed by atoms with Gasteiger partial charge in [0.05, 0.1) is 6.54 Å². The third-order valence-electron chi connectivity index (χ3n) is 3.48. The Morgan fingerprint density at radius 3 is 2.65 bits per heavy atom. The monoisotopic (exact) mass is 279 g/mol. The summed E-state index contributed by atoms with van der Waals surface area (Å²) in [5.74, 6) is -0.216. The first-order valence-corrected chi connectivity index (χ1v) is 6.90. The Labute approximate surface area is 119 Å². The molecule has 0 bridgehead atoms. The molecule has 110 valence electrons. The second kappa shape index (κ2) is 6.22. The highest BCUT2D eigenvalue weighted by Gasteiger charge is 2.21. The number of hydrogen-bond acceptors (Lipinski definition) is 3. The van der Waals surface area contributed by atoms with E-state index in [0.29, 0.717) is 12.6 Å². The maximum atomic E-state index is 13.4. The number of anilines is 1. The molecule has 0 aromatic heterocycles. The van der Waals surface area contributed by atoms with Crippen molar-refractivity contribution in [3.8, 4) is 0 Å². The van der Waals surface area contributed by atoms with Crippen LogP contribution in [-0.2, 0) is 11.3 Å². The maximum Gasteiger partial charge on any atom is 0.241 e. The van der Waals surface area contributed by atoms with Crippen LogP contribution < -0.4 is 10.2 Å². The van der Waals surface area contributed by atoms with Gasteiger partial charge in [0.25, 0.3) is 0 Å². The van der Waals surface area contributed by atoms with Crippen molar-refractivity contribution in [2.24, 2.45) is 0 Å². The average Bonchev–Trinajstić information content (AvgIpc) is 3.20. The van der Waals surface area contributed by atoms with Gasteiger partial charge in [0.2, 0.25) is 5.91 Å². The summed E-state index contributed by atoms with van der Waals surface area (Å²) in [5.41, 5.74) is 1.79. The molecule has 2 rings (SSSR count). The molecular weight excluding hydrogens is 257 g/mol. The van der Waals surface area contributed by atoms with Crippen molar-refractivity contribution in [3.63, 3.8) is 0 Å². The highest BCUT2D eigenvalue weighted by Crippen LogP contribution is 2.24. The van der Waals surface area contributed by atoms with Crippen molar-refractivity contribution < 1.29 is 9.18 Å². The van der Waals surface area contributed by atoms with E-state index in [-0.39, 0.29) is 18.3 Å². The van der Waals surface area contributed by atoms with Gasteiger partial charge in [-0.3, -0.25) is 4.79 Å². The van der Waals surface area contributed by atoms with E-state index in [1.54, 1.807) is 31.1 Å². The van der Waals surface area contributed by atoms with Gasteiger partial charge in [-0.05, 0) is 36.6 Å². The molecule has 1 aromatic carbocycles. The van der Waals surface area contributed by atoms with Crippen molar-refractivity contribution in [1.82, 2.24) is 10.2 Å². The predicted molar refractivity (Wildman–Crippen MR) is 78.2 cm³/mol. The summed E-state index contributed by atoms with van der Waals surface area (Å²) in [6.45, 7) is 0.924. The lowest BCUT2D eigenvalue weighted by Crippen LogP contribution is -2.35. The summed E-state index contributed by atoms with van der Waals surface area (Å²) < 4.78 is 13.4. The van der Waals surface area contributed by atoms with Gasteiger partial charge in [-0.1, -0.05) is 0 Å². The molecule has 4 nitrogen and oxygen atoms in total. The molecule has 0 heterocycles. The molecule has 1 aromatic rings. The maximum absolute atomic E-state index is 13.4. The van der Waals surface area contributed by atoms with Gasteiger partial charge in [-0.15, -0.1) is 0 Å². The van der Waals surface area contributed by atoms with E-state index in [1.807, 2.05) is 11.9 Å². The third kappa shape index (κ3) is 3.93. The Morgan fingerprint density at radius 1 is 1.35 bits per heavy atom. The van der Waals surface area contributed by atoms with E-state index in [9.17, 15) is 9.18 Å². The molecule has 5 heteroatoms. The fourth-order valence-electron chi connectivity index (χ4n) is 2.04. The van der Waals surface area contributed by atoms with Gasteiger partial charge in [0.1, 0.15) is 5.82 Å². The lowest BCUT2D eigenvalue weighted by molar-refractivity contribution is -0.127. The largest absolute Gasteiger partial charge is 0.365 e. The molecular formula is C15H22FN3O. The molecule has 1 amide bonds. The number of likely N-dealkylation sites (N-methyl/N-ethyl adjacent to an activating group) is 2. The van der Waals surface area contributed by atoms with E-state index in [4.69, 9.17) is 0 Å². The summed E-state index contributed by atoms with van der Waals surface area (Å²) in [4.78, 5) is 15.2. The Kier molecular flexibility index (Phi) is 4.60. The molecule has 0 radical (unpaired) electrons. The normalized spacial score (nSPS) is 14.2. The number of nitrogens with zero attached hydrogens (tertiary/aromatic N) is 2. The van der Waals surface area contributed by atoms with Gasteiger partial charge in [0.15, 0.2) is 0 Å². The first kappa shape index (κ1) is 14.8. The Hall–Kier alpha value is -1.62. The number of benzene rings is 1. The SMILES string of the molecule is CN(C)C(=O)CN(C)c1ccc(F)cc1CNC1CC1. The fourth-order valence-corrected chi connectivity index (χ4v) is 2.04. The van der Waals surface area contributed by atoms with Crippen LogP contribution >= 0.6 is 0 Å². The van der Waals surface area contributed by atoms with Gasteiger partial charge in [-0.25, -0.2) is 4.39 Å². The van der Waals surface area contributed by atoms with E-state index in [2.05, 4.69) is 5.32 Å². The first-order valence-electron chi connectivity index (χ1n) is 6.90. The fraction of sp³-hybridized carbons (Fsp3) is 0.533. The van der Waals surface area contributed by atoms with Gasteiger partial charge in [-0.2, -0.15) is 0 Å². The zero-order valence-corrected chi connectivity index (χ0v) is 12.3. The molecule has 0 spiro atoms. The van der Waals surface area contributed by atoms with Crippen LogP contribution in [-0.4, -0.2) is 44.5 Å². The smallest absolute Gasteiger partial charge is 0.241 e. The summed E-state index contributed by atoms with van der Waals surface area (Å²) in [6, 6.07) is 5.29. The van der Waals surface area contributed by atoms with Crippen LogP contribution in [0.5, 0.6) is 0 Å². The first-order chi connectivity index (χ1) is 9.47. The Morgan fingerprint density at radius 2 is 2.05 bits per heavy atom. The van der Waals surface area contributed by atoms with E-state index in [1.165, 1.54) is 18.9 Å². The van der Waals surface area contributed by atoms with Crippen LogP contribution in [0.4, 0.5) is 10.1 Å². The zero-order chi connectivity index (χ0) is 14.7. The predicted octanol–water partition coefficient (Wildman–Crippen LogP) is 1.60. The number of hydrogen-bond donors (Lipinski definition) is 1. The number of halogens is 1. The minimum absolute atomic E-state index is 0.0259. The standard InChI is InChI=1S/C15H22FN3O/c1-18(2)15(20)10-19(3)14-7-4-12(16)8-11(14)9-17-13-5-6-13/h4,7-8,13,17H,5-6,9-10H2,1-3H3. The summed E-state index contributed by atoms with van der Waals surface area (Å²) in [5, 5.41) is 3.38. The van der Waals surface area contributed by atoms with Crippen LogP contribution in [0.3, 0.4) is 0 Å². The van der Waals surface area contributed by atoms with Gasteiger partial charge >= 0.3 is 0 Å². The minimum atomic E-state index is -0.242. The van der Waals surface area contributed by atoms with Crippen LogP contribution in [0.1, 0.15) is 18.4 Å². The van der Waals surface area contributed by atoms with E-state index < -0.39 is 0 Å². The van der Waals surface area contributed by atoms with Crippen LogP contribution in [0.2, 0.25) is 0 Å². The lowest BCUT2D eigenvalue weighted by Gasteiger charge is -2.24. The molecule has 1 saturated carbocycles. The second-order valence-electron chi connectivity index (χ2n) is 5.57. The van der Waals surface area contributed by atoms with Gasteiger partial charge in [0, 0.05) is 39.4 Å².